The number of hydrogen-bond donors (Lipinski definition) is 3. The molecule has 0 spiro atoms. The number of benzene rings is 2. The molecule has 0 aromatic heterocycles. The lowest BCUT2D eigenvalue weighted by atomic mass is 9.73. The predicted octanol–water partition coefficient (Wildman–Crippen LogP) is 5.65. The van der Waals surface area contributed by atoms with Crippen LogP contribution >= 0.6 is 63.7 Å². The van der Waals surface area contributed by atoms with E-state index < -0.39 is 11.4 Å². The molecule has 170 valence electrons. The summed E-state index contributed by atoms with van der Waals surface area (Å²) in [4.78, 5) is 11.4. The summed E-state index contributed by atoms with van der Waals surface area (Å²) in [5.41, 5.74) is 1.11. The zero-order chi connectivity index (χ0) is 23.2. The molecule has 0 fully saturated rings. The lowest BCUT2D eigenvalue weighted by molar-refractivity contribution is -0.137. The molecule has 31 heavy (non-hydrogen) atoms. The lowest BCUT2D eigenvalue weighted by Gasteiger charge is -2.32. The molecule has 2 rings (SSSR count). The molecule has 2 aromatic carbocycles. The van der Waals surface area contributed by atoms with E-state index in [1.54, 1.807) is 0 Å². The van der Waals surface area contributed by atoms with Gasteiger partial charge in [-0.2, -0.15) is 0 Å². The van der Waals surface area contributed by atoms with E-state index in [2.05, 4.69) is 63.7 Å². The van der Waals surface area contributed by atoms with Crippen molar-refractivity contribution >= 4 is 69.7 Å². The van der Waals surface area contributed by atoms with Crippen LogP contribution in [-0.2, 0) is 10.2 Å². The number of rotatable bonds is 11. The Balaban J connectivity index is 2.59. The van der Waals surface area contributed by atoms with Crippen LogP contribution in [0.1, 0.15) is 30.9 Å². The van der Waals surface area contributed by atoms with Crippen LogP contribution in [0.15, 0.2) is 42.2 Å². The molecule has 0 amide bonds. The number of hydrogen-bond acceptors (Lipinski definition) is 5. The van der Waals surface area contributed by atoms with Gasteiger partial charge in [0.2, 0.25) is 0 Å². The molecular formula is C21H22Br4O6. The van der Waals surface area contributed by atoms with E-state index in [0.29, 0.717) is 35.8 Å². The van der Waals surface area contributed by atoms with Crippen LogP contribution in [0.2, 0.25) is 0 Å². The minimum absolute atomic E-state index is 0.0213. The van der Waals surface area contributed by atoms with Crippen molar-refractivity contribution in [2.75, 3.05) is 26.4 Å². The topological polar surface area (TPSA) is 96.2 Å². The fraction of sp³-hybridized carbons (Fsp3) is 0.381. The maximum Gasteiger partial charge on any atom is 0.303 e. The Morgan fingerprint density at radius 1 is 0.839 bits per heavy atom. The highest BCUT2D eigenvalue weighted by Gasteiger charge is 2.32. The number of ether oxygens (including phenoxy) is 2. The maximum atomic E-state index is 11.4. The summed E-state index contributed by atoms with van der Waals surface area (Å²) in [6, 6.07) is 7.60. The largest absolute Gasteiger partial charge is 0.489 e. The summed E-state index contributed by atoms with van der Waals surface area (Å²) in [6.45, 7) is 2.08. The Labute approximate surface area is 214 Å². The number of aliphatic carboxylic acids is 1. The normalized spacial score (nSPS) is 11.5. The Kier molecular flexibility index (Phi) is 10.3. The van der Waals surface area contributed by atoms with Crippen LogP contribution in [0.25, 0.3) is 0 Å². The van der Waals surface area contributed by atoms with Crippen LogP contribution in [-0.4, -0.2) is 47.7 Å². The first-order valence-electron chi connectivity index (χ1n) is 9.32. The van der Waals surface area contributed by atoms with Crippen molar-refractivity contribution in [1.29, 1.82) is 0 Å². The zero-order valence-corrected chi connectivity index (χ0v) is 23.0. The lowest BCUT2D eigenvalue weighted by Crippen LogP contribution is -2.25. The Bertz CT molecular complexity index is 825. The zero-order valence-electron chi connectivity index (χ0n) is 16.6. The predicted molar refractivity (Wildman–Crippen MR) is 132 cm³/mol. The van der Waals surface area contributed by atoms with Gasteiger partial charge in [0.05, 0.1) is 31.1 Å². The molecule has 2 aromatic rings. The molecule has 6 nitrogen and oxygen atoms in total. The summed E-state index contributed by atoms with van der Waals surface area (Å²) < 4.78 is 13.9. The minimum atomic E-state index is -0.881. The molecule has 0 aliphatic carbocycles. The van der Waals surface area contributed by atoms with Crippen LogP contribution in [0.4, 0.5) is 0 Å². The van der Waals surface area contributed by atoms with Gasteiger partial charge < -0.3 is 24.8 Å². The summed E-state index contributed by atoms with van der Waals surface area (Å²) in [5.74, 6) is 0.246. The van der Waals surface area contributed by atoms with Gasteiger partial charge in [0, 0.05) is 11.8 Å². The van der Waals surface area contributed by atoms with Crippen molar-refractivity contribution < 1.29 is 29.6 Å². The van der Waals surface area contributed by atoms with Gasteiger partial charge in [-0.05, 0) is 106 Å². The third kappa shape index (κ3) is 6.68. The Morgan fingerprint density at radius 3 is 1.48 bits per heavy atom. The van der Waals surface area contributed by atoms with Gasteiger partial charge in [-0.1, -0.05) is 6.92 Å². The van der Waals surface area contributed by atoms with Crippen molar-refractivity contribution in [3.05, 3.63) is 53.3 Å². The van der Waals surface area contributed by atoms with Crippen molar-refractivity contribution in [2.24, 2.45) is 0 Å². The third-order valence-electron chi connectivity index (χ3n) is 4.79. The third-order valence-corrected chi connectivity index (χ3v) is 7.14. The van der Waals surface area contributed by atoms with Crippen LogP contribution in [0.5, 0.6) is 11.5 Å². The van der Waals surface area contributed by atoms with Gasteiger partial charge in [0.25, 0.3) is 0 Å². The van der Waals surface area contributed by atoms with Gasteiger partial charge in [-0.25, -0.2) is 0 Å². The minimum Gasteiger partial charge on any atom is -0.489 e. The molecule has 0 saturated heterocycles. The maximum absolute atomic E-state index is 11.4. The van der Waals surface area contributed by atoms with E-state index in [-0.39, 0.29) is 32.8 Å². The van der Waals surface area contributed by atoms with Gasteiger partial charge in [0.1, 0.15) is 24.7 Å². The smallest absolute Gasteiger partial charge is 0.303 e. The van der Waals surface area contributed by atoms with E-state index in [9.17, 15) is 9.90 Å². The van der Waals surface area contributed by atoms with E-state index >= 15 is 0 Å². The summed E-state index contributed by atoms with van der Waals surface area (Å²) in [5, 5.41) is 27.4. The van der Waals surface area contributed by atoms with Crippen molar-refractivity contribution in [1.82, 2.24) is 0 Å². The first kappa shape index (κ1) is 26.6. The van der Waals surface area contributed by atoms with Crippen LogP contribution < -0.4 is 9.47 Å². The van der Waals surface area contributed by atoms with Crippen molar-refractivity contribution in [3.63, 3.8) is 0 Å². The number of aliphatic hydroxyl groups is 2. The molecular weight excluding hydrogens is 668 g/mol. The fourth-order valence-corrected chi connectivity index (χ4v) is 5.97. The molecule has 0 unspecified atom stereocenters. The second-order valence-corrected chi connectivity index (χ2v) is 10.3. The standard InChI is InChI=1S/C21H22Br4O6/c1-21(3-2-18(28)29,12-8-14(22)19(15(23)9-12)30-6-4-26)13-10-16(24)20(17(25)11-13)31-7-5-27/h8-11,26-27H,2-7H2,1H3,(H,28,29). The molecule has 0 bridgehead atoms. The monoisotopic (exact) mass is 686 g/mol. The SMILES string of the molecule is CC(CCC(=O)O)(c1cc(Br)c(OCCO)c(Br)c1)c1cc(Br)c(OCCO)c(Br)c1. The first-order valence-corrected chi connectivity index (χ1v) is 12.5. The number of carbonyl (C=O) groups is 1. The second-order valence-electron chi connectivity index (χ2n) is 6.91. The number of aliphatic hydroxyl groups excluding tert-OH is 2. The molecule has 0 aliphatic rings. The van der Waals surface area contributed by atoms with E-state index in [1.165, 1.54) is 0 Å². The fourth-order valence-electron chi connectivity index (χ4n) is 3.14. The Morgan fingerprint density at radius 2 is 1.19 bits per heavy atom. The highest BCUT2D eigenvalue weighted by molar-refractivity contribution is 9.11. The average molecular weight is 690 g/mol. The number of carboxylic acid groups (broad SMARTS) is 1. The van der Waals surface area contributed by atoms with Gasteiger partial charge >= 0.3 is 5.97 Å². The molecule has 0 heterocycles. The average Bonchev–Trinajstić information content (AvgIpc) is 2.70. The first-order chi connectivity index (χ1) is 14.6. The molecule has 3 N–H and O–H groups in total. The molecule has 0 aliphatic heterocycles. The summed E-state index contributed by atoms with van der Waals surface area (Å²) >= 11 is 14.1. The van der Waals surface area contributed by atoms with E-state index in [1.807, 2.05) is 31.2 Å². The van der Waals surface area contributed by atoms with Gasteiger partial charge in [0.15, 0.2) is 0 Å². The van der Waals surface area contributed by atoms with Crippen molar-refractivity contribution in [2.45, 2.75) is 25.2 Å². The van der Waals surface area contributed by atoms with Gasteiger partial charge in [-0.3, -0.25) is 4.79 Å². The molecule has 0 saturated carbocycles. The number of carboxylic acids is 1. The van der Waals surface area contributed by atoms with Gasteiger partial charge in [-0.15, -0.1) is 0 Å². The van der Waals surface area contributed by atoms with E-state index in [0.717, 1.165) is 11.1 Å². The van der Waals surface area contributed by atoms with Crippen molar-refractivity contribution in [3.8, 4) is 11.5 Å². The quantitative estimate of drug-likeness (QED) is 0.283. The van der Waals surface area contributed by atoms with Crippen LogP contribution in [0, 0.1) is 0 Å². The number of halogens is 4. The molecule has 0 atom stereocenters. The summed E-state index contributed by atoms with van der Waals surface area (Å²) in [6.07, 6.45) is 0.334. The van der Waals surface area contributed by atoms with E-state index in [4.69, 9.17) is 19.7 Å². The molecule has 10 heteroatoms. The van der Waals surface area contributed by atoms with Crippen LogP contribution in [0.3, 0.4) is 0 Å². The molecule has 0 radical (unpaired) electrons. The summed E-state index contributed by atoms with van der Waals surface area (Å²) in [7, 11) is 0. The Hall–Kier alpha value is -0.650. The highest BCUT2D eigenvalue weighted by Crippen LogP contribution is 2.46. The second kappa shape index (κ2) is 12.0. The highest BCUT2D eigenvalue weighted by atomic mass is 79.9.